The lowest BCUT2D eigenvalue weighted by Crippen LogP contribution is -2.42. The Hall–Kier alpha value is -2.18. The van der Waals surface area contributed by atoms with Gasteiger partial charge in [-0.15, -0.1) is 0 Å². The highest BCUT2D eigenvalue weighted by atomic mass is 32.2. The molecule has 0 bridgehead atoms. The number of sulfone groups is 1. The van der Waals surface area contributed by atoms with Gasteiger partial charge in [-0.3, -0.25) is 4.79 Å². The number of ether oxygens (including phenoxy) is 1. The van der Waals surface area contributed by atoms with Crippen LogP contribution >= 0.6 is 0 Å². The third-order valence-electron chi connectivity index (χ3n) is 3.77. The molecule has 2 aromatic rings. The molecule has 1 heterocycles. The molecule has 1 aliphatic rings. The molecule has 6 heteroatoms. The molecule has 1 N–H and O–H groups in total. The van der Waals surface area contributed by atoms with Crippen molar-refractivity contribution in [1.82, 2.24) is 5.32 Å². The molecule has 2 atom stereocenters. The van der Waals surface area contributed by atoms with Crippen LogP contribution in [0.1, 0.15) is 11.7 Å². The third-order valence-corrected chi connectivity index (χ3v) is 5.83. The SMILES string of the molecule is O=C1NCCOC(c2ccccc2)C1S(=O)(=O)c1ccccc1. The highest BCUT2D eigenvalue weighted by molar-refractivity contribution is 7.92. The van der Waals surface area contributed by atoms with Crippen LogP contribution in [0.15, 0.2) is 65.6 Å². The van der Waals surface area contributed by atoms with Gasteiger partial charge in [0.25, 0.3) is 0 Å². The van der Waals surface area contributed by atoms with E-state index in [2.05, 4.69) is 5.32 Å². The summed E-state index contributed by atoms with van der Waals surface area (Å²) in [6.07, 6.45) is -0.830. The lowest BCUT2D eigenvalue weighted by atomic mass is 10.1. The zero-order chi connectivity index (χ0) is 16.3. The first-order valence-electron chi connectivity index (χ1n) is 7.34. The summed E-state index contributed by atoms with van der Waals surface area (Å²) in [5.41, 5.74) is 0.675. The van der Waals surface area contributed by atoms with Gasteiger partial charge in [-0.25, -0.2) is 8.42 Å². The number of nitrogens with one attached hydrogen (secondary N) is 1. The second-order valence-electron chi connectivity index (χ2n) is 5.27. The van der Waals surface area contributed by atoms with E-state index in [-0.39, 0.29) is 11.5 Å². The van der Waals surface area contributed by atoms with Crippen LogP contribution in [0, 0.1) is 0 Å². The summed E-state index contributed by atoms with van der Waals surface area (Å²) in [4.78, 5) is 12.6. The molecule has 0 radical (unpaired) electrons. The van der Waals surface area contributed by atoms with E-state index in [1.54, 1.807) is 42.5 Å². The van der Waals surface area contributed by atoms with Gasteiger partial charge in [0.15, 0.2) is 15.1 Å². The summed E-state index contributed by atoms with van der Waals surface area (Å²) in [6.45, 7) is 0.565. The average molecular weight is 331 g/mol. The minimum absolute atomic E-state index is 0.117. The zero-order valence-electron chi connectivity index (χ0n) is 12.4. The third kappa shape index (κ3) is 3.13. The van der Waals surface area contributed by atoms with Crippen LogP contribution in [-0.2, 0) is 19.4 Å². The molecule has 1 amide bonds. The van der Waals surface area contributed by atoms with Crippen molar-refractivity contribution in [2.24, 2.45) is 0 Å². The Morgan fingerprint density at radius 1 is 0.957 bits per heavy atom. The van der Waals surface area contributed by atoms with Crippen molar-refractivity contribution >= 4 is 15.7 Å². The molecule has 2 aromatic carbocycles. The van der Waals surface area contributed by atoms with Crippen LogP contribution < -0.4 is 5.32 Å². The van der Waals surface area contributed by atoms with Crippen molar-refractivity contribution < 1.29 is 17.9 Å². The molecule has 0 aliphatic carbocycles. The van der Waals surface area contributed by atoms with E-state index in [4.69, 9.17) is 4.74 Å². The number of carbonyl (C=O) groups excluding carboxylic acids is 1. The first kappa shape index (κ1) is 15.7. The Labute approximate surface area is 135 Å². The number of benzene rings is 2. The number of amides is 1. The van der Waals surface area contributed by atoms with Gasteiger partial charge >= 0.3 is 0 Å². The maximum atomic E-state index is 13.0. The Morgan fingerprint density at radius 2 is 1.57 bits per heavy atom. The van der Waals surface area contributed by atoms with Gasteiger partial charge in [0.2, 0.25) is 5.91 Å². The minimum Gasteiger partial charge on any atom is -0.370 e. The van der Waals surface area contributed by atoms with Gasteiger partial charge in [0.1, 0.15) is 6.10 Å². The second-order valence-corrected chi connectivity index (χ2v) is 7.34. The number of rotatable bonds is 3. The standard InChI is InChI=1S/C17H17NO4S/c19-17-16(23(20,21)14-9-5-2-6-10-14)15(22-12-11-18-17)13-7-3-1-4-8-13/h1-10,15-16H,11-12H2,(H,18,19). The van der Waals surface area contributed by atoms with Crippen LogP contribution in [0.4, 0.5) is 0 Å². The molecule has 0 spiro atoms. The summed E-state index contributed by atoms with van der Waals surface area (Å²) >= 11 is 0. The summed E-state index contributed by atoms with van der Waals surface area (Å²) in [5.74, 6) is -0.528. The molecule has 1 fully saturated rings. The topological polar surface area (TPSA) is 72.5 Å². The first-order valence-corrected chi connectivity index (χ1v) is 8.88. The van der Waals surface area contributed by atoms with Crippen LogP contribution in [0.2, 0.25) is 0 Å². The lowest BCUT2D eigenvalue weighted by molar-refractivity contribution is -0.121. The van der Waals surface area contributed by atoms with Gasteiger partial charge in [-0.1, -0.05) is 48.5 Å². The largest absolute Gasteiger partial charge is 0.370 e. The molecule has 120 valence electrons. The zero-order valence-corrected chi connectivity index (χ0v) is 13.2. The van der Waals surface area contributed by atoms with E-state index in [9.17, 15) is 13.2 Å². The molecule has 5 nitrogen and oxygen atoms in total. The van der Waals surface area contributed by atoms with Crippen molar-refractivity contribution in [1.29, 1.82) is 0 Å². The summed E-state index contributed by atoms with van der Waals surface area (Å²) < 4.78 is 31.7. The van der Waals surface area contributed by atoms with E-state index in [0.717, 1.165) is 0 Å². The molecule has 2 unspecified atom stereocenters. The van der Waals surface area contributed by atoms with Crippen molar-refractivity contribution in [2.45, 2.75) is 16.2 Å². The van der Waals surface area contributed by atoms with Crippen molar-refractivity contribution in [2.75, 3.05) is 13.2 Å². The molecular weight excluding hydrogens is 314 g/mol. The lowest BCUT2D eigenvalue weighted by Gasteiger charge is -2.23. The van der Waals surface area contributed by atoms with Gasteiger partial charge < -0.3 is 10.1 Å². The van der Waals surface area contributed by atoms with Gasteiger partial charge in [0, 0.05) is 6.54 Å². The Morgan fingerprint density at radius 3 is 2.22 bits per heavy atom. The predicted octanol–water partition coefficient (Wildman–Crippen LogP) is 1.72. The Kier molecular flexibility index (Phi) is 4.45. The maximum absolute atomic E-state index is 13.0. The van der Waals surface area contributed by atoms with Gasteiger partial charge in [-0.05, 0) is 17.7 Å². The van der Waals surface area contributed by atoms with Crippen LogP contribution in [0.5, 0.6) is 0 Å². The van der Waals surface area contributed by atoms with E-state index in [1.165, 1.54) is 12.1 Å². The van der Waals surface area contributed by atoms with Crippen molar-refractivity contribution in [3.8, 4) is 0 Å². The number of hydrogen-bond donors (Lipinski definition) is 1. The van der Waals surface area contributed by atoms with E-state index < -0.39 is 27.1 Å². The summed E-state index contributed by atoms with van der Waals surface area (Å²) in [5, 5.41) is 1.32. The average Bonchev–Trinajstić information content (AvgIpc) is 2.78. The van der Waals surface area contributed by atoms with Crippen molar-refractivity contribution in [3.63, 3.8) is 0 Å². The summed E-state index contributed by atoms with van der Waals surface area (Å²) in [7, 11) is -3.87. The molecule has 1 aliphatic heterocycles. The molecule has 23 heavy (non-hydrogen) atoms. The molecular formula is C17H17NO4S. The number of carbonyl (C=O) groups is 1. The quantitative estimate of drug-likeness (QED) is 0.929. The summed E-state index contributed by atoms with van der Waals surface area (Å²) in [6, 6.07) is 17.0. The van der Waals surface area contributed by atoms with Crippen molar-refractivity contribution in [3.05, 3.63) is 66.2 Å². The van der Waals surface area contributed by atoms with E-state index >= 15 is 0 Å². The smallest absolute Gasteiger partial charge is 0.241 e. The normalized spacial score (nSPS) is 22.2. The second kappa shape index (κ2) is 6.52. The minimum atomic E-state index is -3.87. The monoisotopic (exact) mass is 331 g/mol. The fourth-order valence-electron chi connectivity index (χ4n) is 2.66. The molecule has 3 rings (SSSR count). The highest BCUT2D eigenvalue weighted by Crippen LogP contribution is 2.31. The fraction of sp³-hybridized carbons (Fsp3) is 0.235. The van der Waals surface area contributed by atoms with Crippen LogP contribution in [0.3, 0.4) is 0 Å². The van der Waals surface area contributed by atoms with Crippen LogP contribution in [0.25, 0.3) is 0 Å². The Balaban J connectivity index is 2.09. The van der Waals surface area contributed by atoms with E-state index in [1.807, 2.05) is 6.07 Å². The van der Waals surface area contributed by atoms with E-state index in [0.29, 0.717) is 12.1 Å². The molecule has 0 saturated carbocycles. The Bertz CT molecular complexity index is 775. The molecule has 1 saturated heterocycles. The first-order chi connectivity index (χ1) is 11.1. The maximum Gasteiger partial charge on any atom is 0.241 e. The fourth-order valence-corrected chi connectivity index (χ4v) is 4.42. The highest BCUT2D eigenvalue weighted by Gasteiger charge is 2.43. The van der Waals surface area contributed by atoms with Crippen LogP contribution in [-0.4, -0.2) is 32.7 Å². The number of hydrogen-bond acceptors (Lipinski definition) is 4. The van der Waals surface area contributed by atoms with Gasteiger partial charge in [0.05, 0.1) is 11.5 Å². The molecule has 0 aromatic heterocycles. The predicted molar refractivity (Wildman–Crippen MR) is 85.6 cm³/mol. The van der Waals surface area contributed by atoms with Gasteiger partial charge in [-0.2, -0.15) is 0 Å².